The standard InChI is InChI=1S/C21H19F3N6O4S/c22-21(23,24)12-34-19-11-25-10-17(29-19)13-1-3-14(4-2-13)27-18(31)9-15-7-8-26-20(28-15)30-35(32,33)16-5-6-16/h1-4,7-8,10-11,16H,5-6,9,12H2,(H,27,31)(H,26,28,30). The molecule has 0 saturated heterocycles. The molecule has 1 aliphatic rings. The Morgan fingerprint density at radius 1 is 1.09 bits per heavy atom. The highest BCUT2D eigenvalue weighted by molar-refractivity contribution is 7.93. The lowest BCUT2D eigenvalue weighted by molar-refractivity contribution is -0.154. The molecule has 0 radical (unpaired) electrons. The molecule has 0 unspecified atom stereocenters. The molecular formula is C21H19F3N6O4S. The summed E-state index contributed by atoms with van der Waals surface area (Å²) in [6, 6.07) is 7.91. The monoisotopic (exact) mass is 508 g/mol. The fourth-order valence-electron chi connectivity index (χ4n) is 2.94. The molecular weight excluding hydrogens is 489 g/mol. The van der Waals surface area contributed by atoms with Gasteiger partial charge in [0.05, 0.1) is 35.5 Å². The number of hydrogen-bond acceptors (Lipinski definition) is 8. The van der Waals surface area contributed by atoms with E-state index in [1.165, 1.54) is 18.5 Å². The van der Waals surface area contributed by atoms with Crippen molar-refractivity contribution >= 4 is 27.6 Å². The third-order valence-electron chi connectivity index (χ3n) is 4.71. The van der Waals surface area contributed by atoms with E-state index in [4.69, 9.17) is 0 Å². The number of alkyl halides is 3. The number of ether oxygens (including phenoxy) is 1. The summed E-state index contributed by atoms with van der Waals surface area (Å²) in [7, 11) is -3.52. The van der Waals surface area contributed by atoms with E-state index in [1.54, 1.807) is 24.3 Å². The van der Waals surface area contributed by atoms with Gasteiger partial charge in [-0.25, -0.2) is 23.4 Å². The van der Waals surface area contributed by atoms with E-state index >= 15 is 0 Å². The van der Waals surface area contributed by atoms with Crippen LogP contribution in [0.25, 0.3) is 11.3 Å². The number of nitrogens with zero attached hydrogens (tertiary/aromatic N) is 4. The Morgan fingerprint density at radius 2 is 1.83 bits per heavy atom. The lowest BCUT2D eigenvalue weighted by Crippen LogP contribution is -2.20. The van der Waals surface area contributed by atoms with Crippen molar-refractivity contribution < 1.29 is 31.1 Å². The highest BCUT2D eigenvalue weighted by atomic mass is 32.2. The first-order valence-corrected chi connectivity index (χ1v) is 11.9. The van der Waals surface area contributed by atoms with Crippen LogP contribution in [0.15, 0.2) is 48.9 Å². The van der Waals surface area contributed by atoms with Crippen LogP contribution in [0.1, 0.15) is 18.5 Å². The van der Waals surface area contributed by atoms with Crippen LogP contribution in [-0.2, 0) is 21.2 Å². The number of hydrogen-bond donors (Lipinski definition) is 2. The van der Waals surface area contributed by atoms with Crippen LogP contribution in [0.2, 0.25) is 0 Å². The van der Waals surface area contributed by atoms with Gasteiger partial charge in [0.15, 0.2) is 6.61 Å². The number of halogens is 3. The van der Waals surface area contributed by atoms with Crippen molar-refractivity contribution in [1.29, 1.82) is 0 Å². The molecule has 1 aromatic carbocycles. The van der Waals surface area contributed by atoms with Crippen molar-refractivity contribution in [3.05, 3.63) is 54.6 Å². The van der Waals surface area contributed by atoms with Gasteiger partial charge in [-0.3, -0.25) is 14.5 Å². The van der Waals surface area contributed by atoms with Crippen LogP contribution in [0.3, 0.4) is 0 Å². The molecule has 1 amide bonds. The number of amides is 1. The van der Waals surface area contributed by atoms with E-state index in [9.17, 15) is 26.4 Å². The average molecular weight is 508 g/mol. The van der Waals surface area contributed by atoms with Crippen LogP contribution in [0.4, 0.5) is 24.8 Å². The van der Waals surface area contributed by atoms with Crippen LogP contribution in [0, 0.1) is 0 Å². The molecule has 2 heterocycles. The zero-order chi connectivity index (χ0) is 25.1. The molecule has 2 N–H and O–H groups in total. The number of anilines is 2. The largest absolute Gasteiger partial charge is 0.467 e. The molecule has 2 aromatic heterocycles. The van der Waals surface area contributed by atoms with Crippen molar-refractivity contribution in [1.82, 2.24) is 19.9 Å². The molecule has 1 fully saturated rings. The molecule has 1 aliphatic carbocycles. The Hall–Kier alpha value is -3.81. The summed E-state index contributed by atoms with van der Waals surface area (Å²) in [6.07, 6.45) is 0.405. The third-order valence-corrected chi connectivity index (χ3v) is 6.53. The highest BCUT2D eigenvalue weighted by Crippen LogP contribution is 2.29. The summed E-state index contributed by atoms with van der Waals surface area (Å²) in [5, 5.41) is 2.26. The van der Waals surface area contributed by atoms with Gasteiger partial charge in [-0.05, 0) is 31.0 Å². The van der Waals surface area contributed by atoms with Crippen LogP contribution in [-0.4, -0.2) is 52.3 Å². The normalized spacial score (nSPS) is 13.8. The Morgan fingerprint density at radius 3 is 2.51 bits per heavy atom. The second-order valence-electron chi connectivity index (χ2n) is 7.67. The second-order valence-corrected chi connectivity index (χ2v) is 9.63. The smallest absolute Gasteiger partial charge is 0.422 e. The molecule has 0 atom stereocenters. The Bertz CT molecular complexity index is 1320. The van der Waals surface area contributed by atoms with Crippen molar-refractivity contribution in [2.24, 2.45) is 0 Å². The predicted molar refractivity (Wildman–Crippen MR) is 119 cm³/mol. The number of aromatic nitrogens is 4. The fraction of sp³-hybridized carbons (Fsp3) is 0.286. The predicted octanol–water partition coefficient (Wildman–Crippen LogP) is 2.96. The number of nitrogens with one attached hydrogen (secondary N) is 2. The molecule has 3 aromatic rings. The maximum Gasteiger partial charge on any atom is 0.422 e. The van der Waals surface area contributed by atoms with Gasteiger partial charge < -0.3 is 10.1 Å². The molecule has 1 saturated carbocycles. The minimum atomic E-state index is -4.49. The fourth-order valence-corrected chi connectivity index (χ4v) is 4.22. The van der Waals surface area contributed by atoms with Crippen molar-refractivity contribution in [2.45, 2.75) is 30.7 Å². The summed E-state index contributed by atoms with van der Waals surface area (Å²) in [4.78, 5) is 28.2. The zero-order valence-corrected chi connectivity index (χ0v) is 18.8. The summed E-state index contributed by atoms with van der Waals surface area (Å²) in [5.74, 6) is -0.746. The van der Waals surface area contributed by atoms with Gasteiger partial charge in [-0.15, -0.1) is 0 Å². The van der Waals surface area contributed by atoms with Gasteiger partial charge in [0.25, 0.3) is 0 Å². The number of sulfonamides is 1. The molecule has 4 rings (SSSR count). The van der Waals surface area contributed by atoms with Crippen molar-refractivity contribution in [2.75, 3.05) is 16.6 Å². The van der Waals surface area contributed by atoms with Crippen molar-refractivity contribution in [3.8, 4) is 17.1 Å². The summed E-state index contributed by atoms with van der Waals surface area (Å²) in [6.45, 7) is -1.48. The van der Waals surface area contributed by atoms with Gasteiger partial charge in [0.2, 0.25) is 27.8 Å². The molecule has 0 spiro atoms. The van der Waals surface area contributed by atoms with Gasteiger partial charge in [0, 0.05) is 17.4 Å². The number of rotatable bonds is 9. The van der Waals surface area contributed by atoms with E-state index in [1.807, 2.05) is 0 Å². The number of benzene rings is 1. The van der Waals surface area contributed by atoms with Gasteiger partial charge in [0.1, 0.15) is 0 Å². The maximum absolute atomic E-state index is 12.4. The molecule has 184 valence electrons. The maximum atomic E-state index is 12.4. The summed E-state index contributed by atoms with van der Waals surface area (Å²) < 4.78 is 68.0. The average Bonchev–Trinajstić information content (AvgIpc) is 3.64. The summed E-state index contributed by atoms with van der Waals surface area (Å²) in [5.41, 5.74) is 1.63. The first-order valence-electron chi connectivity index (χ1n) is 10.3. The Labute approximate surface area is 198 Å². The topological polar surface area (TPSA) is 136 Å². The minimum absolute atomic E-state index is 0.0888. The van der Waals surface area contributed by atoms with Crippen LogP contribution >= 0.6 is 0 Å². The van der Waals surface area contributed by atoms with Gasteiger partial charge in [-0.2, -0.15) is 13.2 Å². The Balaban J connectivity index is 1.35. The molecule has 14 heteroatoms. The van der Waals surface area contributed by atoms with Gasteiger partial charge >= 0.3 is 6.18 Å². The van der Waals surface area contributed by atoms with Crippen LogP contribution in [0.5, 0.6) is 5.88 Å². The zero-order valence-electron chi connectivity index (χ0n) is 18.0. The minimum Gasteiger partial charge on any atom is -0.467 e. The highest BCUT2D eigenvalue weighted by Gasteiger charge is 2.36. The lowest BCUT2D eigenvalue weighted by Gasteiger charge is -2.10. The van der Waals surface area contributed by atoms with Crippen molar-refractivity contribution in [3.63, 3.8) is 0 Å². The summed E-state index contributed by atoms with van der Waals surface area (Å²) >= 11 is 0. The van der Waals surface area contributed by atoms with E-state index in [2.05, 4.69) is 34.7 Å². The second kappa shape index (κ2) is 9.82. The molecule has 0 bridgehead atoms. The SMILES string of the molecule is O=C(Cc1ccnc(NS(=O)(=O)C2CC2)n1)Nc1ccc(-c2cncc(OCC(F)(F)F)n2)cc1. The number of carbonyl (C=O) groups excluding carboxylic acids is 1. The van der Waals surface area contributed by atoms with E-state index < -0.39 is 34.0 Å². The molecule has 35 heavy (non-hydrogen) atoms. The first-order chi connectivity index (χ1) is 16.6. The van der Waals surface area contributed by atoms with Gasteiger partial charge in [-0.1, -0.05) is 12.1 Å². The third kappa shape index (κ3) is 7.09. The molecule has 10 nitrogen and oxygen atoms in total. The lowest BCUT2D eigenvalue weighted by atomic mass is 10.1. The van der Waals surface area contributed by atoms with Crippen LogP contribution < -0.4 is 14.8 Å². The Kier molecular flexibility index (Phi) is 6.82. The van der Waals surface area contributed by atoms with E-state index in [-0.39, 0.29) is 18.2 Å². The van der Waals surface area contributed by atoms with E-state index in [0.29, 0.717) is 35.5 Å². The quantitative estimate of drug-likeness (QED) is 0.450. The number of carbonyl (C=O) groups is 1. The molecule has 0 aliphatic heterocycles. The first kappa shape index (κ1) is 24.3. The van der Waals surface area contributed by atoms with E-state index in [0.717, 1.165) is 6.20 Å².